The van der Waals surface area contributed by atoms with Crippen molar-refractivity contribution in [1.82, 2.24) is 19.9 Å². The van der Waals surface area contributed by atoms with E-state index in [9.17, 15) is 9.59 Å². The molecule has 0 spiro atoms. The summed E-state index contributed by atoms with van der Waals surface area (Å²) in [4.78, 5) is 46.2. The first-order valence-electron chi connectivity index (χ1n) is 14.4. The van der Waals surface area contributed by atoms with E-state index in [0.29, 0.717) is 37.7 Å². The van der Waals surface area contributed by atoms with E-state index in [0.717, 1.165) is 47.0 Å². The van der Waals surface area contributed by atoms with Gasteiger partial charge in [-0.05, 0) is 62.6 Å². The van der Waals surface area contributed by atoms with Gasteiger partial charge in [-0.25, -0.2) is 14.8 Å². The number of hydrogen-bond donors (Lipinski definition) is 1. The summed E-state index contributed by atoms with van der Waals surface area (Å²) >= 11 is 1.60. The Hall–Kier alpha value is -4.29. The highest BCUT2D eigenvalue weighted by Gasteiger charge is 2.27. The minimum Gasteiger partial charge on any atom is -0.444 e. The topological polar surface area (TPSA) is 113 Å². The van der Waals surface area contributed by atoms with Crippen molar-refractivity contribution in [3.05, 3.63) is 60.7 Å². The summed E-state index contributed by atoms with van der Waals surface area (Å²) in [5, 5.41) is 4.11. The number of nitrogens with one attached hydrogen (secondary N) is 1. The maximum Gasteiger partial charge on any atom is 0.410 e. The van der Waals surface area contributed by atoms with Crippen molar-refractivity contribution in [2.75, 3.05) is 67.6 Å². The summed E-state index contributed by atoms with van der Waals surface area (Å²) in [6, 6.07) is 12.0. The fourth-order valence-corrected chi connectivity index (χ4v) is 6.15. The van der Waals surface area contributed by atoms with Gasteiger partial charge < -0.3 is 29.5 Å². The molecule has 2 fully saturated rings. The van der Waals surface area contributed by atoms with Crippen LogP contribution in [-0.4, -0.2) is 89.9 Å². The lowest BCUT2D eigenvalue weighted by Crippen LogP contribution is -2.50. The van der Waals surface area contributed by atoms with Gasteiger partial charge in [0.2, 0.25) is 0 Å². The highest BCUT2D eigenvalue weighted by atomic mass is 32.1. The lowest BCUT2D eigenvalue weighted by Gasteiger charge is -2.37. The molecule has 6 rings (SSSR count). The smallest absolute Gasteiger partial charge is 0.410 e. The van der Waals surface area contributed by atoms with E-state index in [1.807, 2.05) is 26.8 Å². The van der Waals surface area contributed by atoms with Gasteiger partial charge in [-0.15, -0.1) is 11.3 Å². The number of piperazine rings is 1. The number of benzene rings is 1. The number of thiophene rings is 1. The minimum absolute atomic E-state index is 0.265. The van der Waals surface area contributed by atoms with Gasteiger partial charge in [-0.1, -0.05) is 0 Å². The van der Waals surface area contributed by atoms with Crippen LogP contribution in [0, 0.1) is 0 Å². The first-order valence-corrected chi connectivity index (χ1v) is 15.2. The number of carbonyl (C=O) groups is 2. The standard InChI is InChI=1S/C31H35N7O4S/c1-31(2,3)42-30(40)38-12-10-37(11-13-38)25-7-8-32-20-24(25)35-29(39)23-6-9-33-28(34-23)27-19-21-18-22(4-5-26(21)43-27)36-14-16-41-17-15-36/h4-9,18-20H,10-17H2,1-3H3,(H,35,39). The number of nitrogens with zero attached hydrogens (tertiary/aromatic N) is 6. The molecule has 1 aromatic carbocycles. The summed E-state index contributed by atoms with van der Waals surface area (Å²) in [5.41, 5.74) is 2.31. The molecule has 2 amide bonds. The Kier molecular flexibility index (Phi) is 8.13. The number of anilines is 3. The zero-order valence-corrected chi connectivity index (χ0v) is 25.4. The van der Waals surface area contributed by atoms with E-state index < -0.39 is 5.60 Å². The second kappa shape index (κ2) is 12.1. The minimum atomic E-state index is -0.541. The van der Waals surface area contributed by atoms with E-state index in [2.05, 4.69) is 54.3 Å². The van der Waals surface area contributed by atoms with Crippen LogP contribution in [0.1, 0.15) is 31.3 Å². The Morgan fingerprint density at radius 2 is 1.74 bits per heavy atom. The molecule has 0 atom stereocenters. The monoisotopic (exact) mass is 601 g/mol. The first-order chi connectivity index (χ1) is 20.7. The predicted octanol–water partition coefficient (Wildman–Crippen LogP) is 4.90. The Morgan fingerprint density at radius 3 is 2.51 bits per heavy atom. The zero-order valence-electron chi connectivity index (χ0n) is 24.6. The molecule has 0 saturated carbocycles. The van der Waals surface area contributed by atoms with Crippen LogP contribution in [-0.2, 0) is 9.47 Å². The normalized spacial score (nSPS) is 15.9. The number of fused-ring (bicyclic) bond motifs is 1. The molecule has 2 aliphatic rings. The van der Waals surface area contributed by atoms with Crippen LogP contribution in [0.2, 0.25) is 0 Å². The molecular weight excluding hydrogens is 566 g/mol. The maximum absolute atomic E-state index is 13.4. The number of aromatic nitrogens is 3. The van der Waals surface area contributed by atoms with Gasteiger partial charge in [-0.2, -0.15) is 0 Å². The number of morpholine rings is 1. The van der Waals surface area contributed by atoms with Crippen LogP contribution < -0.4 is 15.1 Å². The van der Waals surface area contributed by atoms with Gasteiger partial charge in [0, 0.05) is 62.0 Å². The van der Waals surface area contributed by atoms with Crippen LogP contribution in [0.3, 0.4) is 0 Å². The summed E-state index contributed by atoms with van der Waals surface area (Å²) in [5.74, 6) is 0.160. The fraction of sp³-hybridized carbons (Fsp3) is 0.387. The molecule has 5 heterocycles. The highest BCUT2D eigenvalue weighted by Crippen LogP contribution is 2.34. The van der Waals surface area contributed by atoms with Crippen molar-refractivity contribution in [3.63, 3.8) is 0 Å². The molecule has 43 heavy (non-hydrogen) atoms. The molecule has 11 nitrogen and oxygen atoms in total. The van der Waals surface area contributed by atoms with Crippen LogP contribution in [0.25, 0.3) is 20.8 Å². The third kappa shape index (κ3) is 6.70. The van der Waals surface area contributed by atoms with Gasteiger partial charge >= 0.3 is 6.09 Å². The van der Waals surface area contributed by atoms with Crippen molar-refractivity contribution in [3.8, 4) is 10.7 Å². The number of ether oxygens (including phenoxy) is 2. The second-order valence-electron chi connectivity index (χ2n) is 11.5. The van der Waals surface area contributed by atoms with E-state index in [1.165, 1.54) is 5.69 Å². The molecule has 0 unspecified atom stereocenters. The zero-order chi connectivity index (χ0) is 30.0. The number of hydrogen-bond acceptors (Lipinski definition) is 10. The van der Waals surface area contributed by atoms with Gasteiger partial charge in [0.1, 0.15) is 11.3 Å². The van der Waals surface area contributed by atoms with E-state index >= 15 is 0 Å². The Bertz CT molecular complexity index is 1620. The Balaban J connectivity index is 1.15. The summed E-state index contributed by atoms with van der Waals surface area (Å²) in [7, 11) is 0. The first kappa shape index (κ1) is 28.8. The molecule has 0 aliphatic carbocycles. The molecule has 12 heteroatoms. The Morgan fingerprint density at radius 1 is 0.953 bits per heavy atom. The summed E-state index contributed by atoms with van der Waals surface area (Å²) in [6.45, 7) is 11.0. The predicted molar refractivity (Wildman–Crippen MR) is 168 cm³/mol. The maximum atomic E-state index is 13.4. The quantitative estimate of drug-likeness (QED) is 0.341. The molecular formula is C31H35N7O4S. The Labute approximate surface area is 254 Å². The second-order valence-corrected chi connectivity index (χ2v) is 12.6. The van der Waals surface area contributed by atoms with Crippen molar-refractivity contribution in [1.29, 1.82) is 0 Å². The number of amides is 2. The van der Waals surface area contributed by atoms with Crippen molar-refractivity contribution in [2.45, 2.75) is 26.4 Å². The number of rotatable bonds is 5. The lowest BCUT2D eigenvalue weighted by molar-refractivity contribution is 0.0240. The average molecular weight is 602 g/mol. The van der Waals surface area contributed by atoms with E-state index in [1.54, 1.807) is 40.9 Å². The van der Waals surface area contributed by atoms with Gasteiger partial charge in [-0.3, -0.25) is 9.78 Å². The molecule has 0 bridgehead atoms. The SMILES string of the molecule is CC(C)(C)OC(=O)N1CCN(c2ccncc2NC(=O)c2ccnc(-c3cc4cc(N5CCOCC5)ccc4s3)n2)CC1. The largest absolute Gasteiger partial charge is 0.444 e. The molecule has 0 radical (unpaired) electrons. The van der Waals surface area contributed by atoms with Gasteiger partial charge in [0.15, 0.2) is 5.82 Å². The molecule has 2 saturated heterocycles. The van der Waals surface area contributed by atoms with Gasteiger partial charge in [0.05, 0.1) is 35.7 Å². The van der Waals surface area contributed by atoms with Crippen molar-refractivity contribution in [2.24, 2.45) is 0 Å². The molecule has 4 aromatic rings. The van der Waals surface area contributed by atoms with Crippen LogP contribution in [0.15, 0.2) is 55.0 Å². The van der Waals surface area contributed by atoms with Crippen LogP contribution in [0.5, 0.6) is 0 Å². The molecule has 2 aliphatic heterocycles. The van der Waals surface area contributed by atoms with E-state index in [-0.39, 0.29) is 17.7 Å². The average Bonchev–Trinajstić information content (AvgIpc) is 3.45. The third-order valence-corrected chi connectivity index (χ3v) is 8.42. The number of carbonyl (C=O) groups excluding carboxylic acids is 2. The fourth-order valence-electron chi connectivity index (χ4n) is 5.17. The van der Waals surface area contributed by atoms with Crippen molar-refractivity contribution < 1.29 is 19.1 Å². The van der Waals surface area contributed by atoms with Crippen LogP contribution in [0.4, 0.5) is 21.9 Å². The lowest BCUT2D eigenvalue weighted by atomic mass is 10.2. The molecule has 3 aromatic heterocycles. The molecule has 1 N–H and O–H groups in total. The van der Waals surface area contributed by atoms with Crippen molar-refractivity contribution >= 4 is 50.5 Å². The summed E-state index contributed by atoms with van der Waals surface area (Å²) in [6.07, 6.45) is 4.63. The third-order valence-electron chi connectivity index (χ3n) is 7.30. The van der Waals surface area contributed by atoms with Crippen LogP contribution >= 0.6 is 11.3 Å². The summed E-state index contributed by atoms with van der Waals surface area (Å²) < 4.78 is 12.1. The molecule has 224 valence electrons. The number of pyridine rings is 1. The highest BCUT2D eigenvalue weighted by molar-refractivity contribution is 7.22. The van der Waals surface area contributed by atoms with E-state index in [4.69, 9.17) is 9.47 Å². The van der Waals surface area contributed by atoms with Gasteiger partial charge in [0.25, 0.3) is 5.91 Å².